The van der Waals surface area contributed by atoms with Crippen molar-refractivity contribution in [3.05, 3.63) is 0 Å². The zero-order chi connectivity index (χ0) is 14.1. The fraction of sp³-hybridized carbons (Fsp3) is 1.00. The second-order valence-corrected chi connectivity index (χ2v) is 6.07. The van der Waals surface area contributed by atoms with Gasteiger partial charge in [-0.05, 0) is 52.2 Å². The van der Waals surface area contributed by atoms with Crippen molar-refractivity contribution in [2.75, 3.05) is 26.7 Å². The summed E-state index contributed by atoms with van der Waals surface area (Å²) in [6.07, 6.45) is 10.3. The number of hydrogen-bond acceptors (Lipinski definition) is 3. The lowest BCUT2D eigenvalue weighted by Crippen LogP contribution is -2.46. The predicted molar refractivity (Wildman–Crippen MR) is 82.5 cm³/mol. The number of aliphatic hydroxyl groups is 1. The van der Waals surface area contributed by atoms with Crippen molar-refractivity contribution < 1.29 is 5.11 Å². The SMILES string of the molecule is CCN(CCCC(CC)(CO)NC)C1CCCCC1. The molecule has 114 valence electrons. The van der Waals surface area contributed by atoms with Gasteiger partial charge in [0.15, 0.2) is 0 Å². The standard InChI is InChI=1S/C16H34N2O/c1-4-16(14-19,17-3)12-9-13-18(5-2)15-10-7-6-8-11-15/h15,17,19H,4-14H2,1-3H3. The lowest BCUT2D eigenvalue weighted by atomic mass is 9.90. The van der Waals surface area contributed by atoms with Gasteiger partial charge in [-0.3, -0.25) is 0 Å². The van der Waals surface area contributed by atoms with Crippen LogP contribution in [0.4, 0.5) is 0 Å². The molecular formula is C16H34N2O. The molecule has 0 aromatic heterocycles. The van der Waals surface area contributed by atoms with E-state index in [0.29, 0.717) is 0 Å². The van der Waals surface area contributed by atoms with E-state index in [0.717, 1.165) is 18.9 Å². The van der Waals surface area contributed by atoms with Gasteiger partial charge in [0.2, 0.25) is 0 Å². The molecule has 19 heavy (non-hydrogen) atoms. The van der Waals surface area contributed by atoms with E-state index in [2.05, 4.69) is 24.1 Å². The first-order valence-corrected chi connectivity index (χ1v) is 8.25. The molecule has 0 aromatic rings. The Morgan fingerprint density at radius 2 is 1.89 bits per heavy atom. The largest absolute Gasteiger partial charge is 0.394 e. The van der Waals surface area contributed by atoms with Gasteiger partial charge in [0.25, 0.3) is 0 Å². The maximum atomic E-state index is 9.57. The maximum absolute atomic E-state index is 9.57. The highest BCUT2D eigenvalue weighted by molar-refractivity contribution is 4.85. The molecule has 1 aliphatic carbocycles. The third-order valence-electron chi connectivity index (χ3n) is 5.11. The number of nitrogens with one attached hydrogen (secondary N) is 1. The maximum Gasteiger partial charge on any atom is 0.0613 e. The first kappa shape index (κ1) is 16.9. The van der Waals surface area contributed by atoms with Gasteiger partial charge in [-0.25, -0.2) is 0 Å². The molecule has 1 aliphatic rings. The minimum Gasteiger partial charge on any atom is -0.394 e. The highest BCUT2D eigenvalue weighted by atomic mass is 16.3. The summed E-state index contributed by atoms with van der Waals surface area (Å²) >= 11 is 0. The van der Waals surface area contributed by atoms with Crippen LogP contribution in [-0.4, -0.2) is 48.3 Å². The van der Waals surface area contributed by atoms with Crippen molar-refractivity contribution in [1.82, 2.24) is 10.2 Å². The van der Waals surface area contributed by atoms with Gasteiger partial charge >= 0.3 is 0 Å². The van der Waals surface area contributed by atoms with Crippen molar-refractivity contribution in [2.45, 2.75) is 76.8 Å². The summed E-state index contributed by atoms with van der Waals surface area (Å²) in [5.74, 6) is 0. The summed E-state index contributed by atoms with van der Waals surface area (Å²) < 4.78 is 0. The molecule has 3 nitrogen and oxygen atoms in total. The van der Waals surface area contributed by atoms with E-state index in [-0.39, 0.29) is 12.1 Å². The number of nitrogens with zero attached hydrogens (tertiary/aromatic N) is 1. The van der Waals surface area contributed by atoms with E-state index in [1.54, 1.807) is 0 Å². The Bertz CT molecular complexity index is 215. The second kappa shape index (κ2) is 8.93. The zero-order valence-corrected chi connectivity index (χ0v) is 13.2. The fourth-order valence-corrected chi connectivity index (χ4v) is 3.41. The summed E-state index contributed by atoms with van der Waals surface area (Å²) in [7, 11) is 1.97. The summed E-state index contributed by atoms with van der Waals surface area (Å²) in [5, 5.41) is 12.9. The van der Waals surface area contributed by atoms with Crippen LogP contribution in [0.25, 0.3) is 0 Å². The fourth-order valence-electron chi connectivity index (χ4n) is 3.41. The molecule has 0 bridgehead atoms. The Morgan fingerprint density at radius 1 is 1.21 bits per heavy atom. The van der Waals surface area contributed by atoms with E-state index in [1.807, 2.05) is 7.05 Å². The van der Waals surface area contributed by atoms with Crippen LogP contribution in [-0.2, 0) is 0 Å². The number of rotatable bonds is 9. The number of aliphatic hydroxyl groups excluding tert-OH is 1. The van der Waals surface area contributed by atoms with E-state index >= 15 is 0 Å². The summed E-state index contributed by atoms with van der Waals surface area (Å²) in [4.78, 5) is 2.66. The predicted octanol–water partition coefficient (Wildman–Crippen LogP) is 2.78. The third-order valence-corrected chi connectivity index (χ3v) is 5.11. The monoisotopic (exact) mass is 270 g/mol. The van der Waals surface area contributed by atoms with Crippen LogP contribution in [0.2, 0.25) is 0 Å². The first-order valence-electron chi connectivity index (χ1n) is 8.25. The molecular weight excluding hydrogens is 236 g/mol. The van der Waals surface area contributed by atoms with Crippen LogP contribution in [0.3, 0.4) is 0 Å². The minimum absolute atomic E-state index is 0.0635. The van der Waals surface area contributed by atoms with E-state index in [9.17, 15) is 5.11 Å². The number of likely N-dealkylation sites (N-methyl/N-ethyl adjacent to an activating group) is 1. The highest BCUT2D eigenvalue weighted by Crippen LogP contribution is 2.23. The normalized spacial score (nSPS) is 20.7. The zero-order valence-electron chi connectivity index (χ0n) is 13.2. The van der Waals surface area contributed by atoms with Crippen LogP contribution >= 0.6 is 0 Å². The van der Waals surface area contributed by atoms with Gasteiger partial charge in [0.1, 0.15) is 0 Å². The van der Waals surface area contributed by atoms with Crippen LogP contribution in [0, 0.1) is 0 Å². The molecule has 2 N–H and O–H groups in total. The molecule has 1 saturated carbocycles. The van der Waals surface area contributed by atoms with E-state index in [4.69, 9.17) is 0 Å². The Morgan fingerprint density at radius 3 is 2.37 bits per heavy atom. The van der Waals surface area contributed by atoms with Crippen LogP contribution in [0.5, 0.6) is 0 Å². The van der Waals surface area contributed by atoms with Crippen molar-refractivity contribution in [2.24, 2.45) is 0 Å². The van der Waals surface area contributed by atoms with Crippen LogP contribution in [0.1, 0.15) is 65.2 Å². The van der Waals surface area contributed by atoms with Crippen LogP contribution in [0.15, 0.2) is 0 Å². The Balaban J connectivity index is 2.36. The molecule has 1 rings (SSSR count). The van der Waals surface area contributed by atoms with Gasteiger partial charge in [0, 0.05) is 11.6 Å². The average Bonchev–Trinajstić information content (AvgIpc) is 2.49. The lowest BCUT2D eigenvalue weighted by molar-refractivity contribution is 0.129. The van der Waals surface area contributed by atoms with Gasteiger partial charge in [-0.2, -0.15) is 0 Å². The Kier molecular flexibility index (Phi) is 7.96. The average molecular weight is 270 g/mol. The Labute approximate surface area is 119 Å². The summed E-state index contributed by atoms with van der Waals surface area (Å²) in [5.41, 5.74) is -0.0635. The topological polar surface area (TPSA) is 35.5 Å². The van der Waals surface area contributed by atoms with Gasteiger partial charge < -0.3 is 15.3 Å². The molecule has 0 aliphatic heterocycles. The molecule has 0 spiro atoms. The molecule has 0 amide bonds. The Hall–Kier alpha value is -0.120. The van der Waals surface area contributed by atoms with Crippen molar-refractivity contribution in [3.63, 3.8) is 0 Å². The van der Waals surface area contributed by atoms with Crippen molar-refractivity contribution >= 4 is 0 Å². The van der Waals surface area contributed by atoms with Crippen molar-refractivity contribution in [1.29, 1.82) is 0 Å². The van der Waals surface area contributed by atoms with Crippen LogP contribution < -0.4 is 5.32 Å². The molecule has 3 heteroatoms. The minimum atomic E-state index is -0.0635. The molecule has 1 unspecified atom stereocenters. The third kappa shape index (κ3) is 5.05. The molecule has 1 atom stereocenters. The first-order chi connectivity index (χ1) is 9.21. The smallest absolute Gasteiger partial charge is 0.0613 e. The van der Waals surface area contributed by atoms with Gasteiger partial charge in [-0.1, -0.05) is 33.1 Å². The van der Waals surface area contributed by atoms with Gasteiger partial charge in [-0.15, -0.1) is 0 Å². The quantitative estimate of drug-likeness (QED) is 0.676. The van der Waals surface area contributed by atoms with E-state index < -0.39 is 0 Å². The lowest BCUT2D eigenvalue weighted by Gasteiger charge is -2.35. The second-order valence-electron chi connectivity index (χ2n) is 6.07. The molecule has 0 aromatic carbocycles. The van der Waals surface area contributed by atoms with Crippen molar-refractivity contribution in [3.8, 4) is 0 Å². The summed E-state index contributed by atoms with van der Waals surface area (Å²) in [6.45, 7) is 7.04. The molecule has 0 saturated heterocycles. The number of hydrogen-bond donors (Lipinski definition) is 2. The molecule has 0 radical (unpaired) electrons. The highest BCUT2D eigenvalue weighted by Gasteiger charge is 2.25. The van der Waals surface area contributed by atoms with E-state index in [1.165, 1.54) is 51.6 Å². The van der Waals surface area contributed by atoms with Gasteiger partial charge in [0.05, 0.1) is 6.61 Å². The molecule has 0 heterocycles. The molecule has 1 fully saturated rings. The summed E-state index contributed by atoms with van der Waals surface area (Å²) in [6, 6.07) is 0.818.